The van der Waals surface area contributed by atoms with Gasteiger partial charge in [0.15, 0.2) is 0 Å². The number of benzene rings is 1. The maximum Gasteiger partial charge on any atom is 0.132 e. The van der Waals surface area contributed by atoms with Crippen molar-refractivity contribution in [3.8, 4) is 5.75 Å². The number of hydrogen-bond acceptors (Lipinski definition) is 2. The Balaban J connectivity index is 2.94. The van der Waals surface area contributed by atoms with Crippen LogP contribution in [-0.2, 0) is 11.2 Å². The number of aryl methyl sites for hydroxylation is 1. The molecule has 0 spiro atoms. The Morgan fingerprint density at radius 2 is 2.23 bits per heavy atom. The molecule has 1 aromatic rings. The van der Waals surface area contributed by atoms with E-state index >= 15 is 0 Å². The van der Waals surface area contributed by atoms with Crippen molar-refractivity contribution in [2.45, 2.75) is 12.8 Å². The Hall–Kier alpha value is -0.900. The summed E-state index contributed by atoms with van der Waals surface area (Å²) in [5, 5.41) is 9.09. The summed E-state index contributed by atoms with van der Waals surface area (Å²) in [6.07, 6.45) is 1.38. The van der Waals surface area contributed by atoms with Crippen LogP contribution in [0.2, 0.25) is 0 Å². The Kier molecular flexibility index (Phi) is 3.42. The van der Waals surface area contributed by atoms with Crippen LogP contribution < -0.4 is 0 Å². The fourth-order valence-electron chi connectivity index (χ4n) is 0.984. The third kappa shape index (κ3) is 2.52. The first kappa shape index (κ1) is 10.2. The van der Waals surface area contributed by atoms with Gasteiger partial charge in [-0.05, 0) is 34.0 Å². The number of phenols is 1. The second-order valence-corrected chi connectivity index (χ2v) is 3.45. The van der Waals surface area contributed by atoms with Gasteiger partial charge < -0.3 is 9.90 Å². The number of rotatable bonds is 3. The topological polar surface area (TPSA) is 37.3 Å². The van der Waals surface area contributed by atoms with Gasteiger partial charge in [0.05, 0.1) is 4.47 Å². The molecular formula is C9H8BrFO2. The Morgan fingerprint density at radius 1 is 1.54 bits per heavy atom. The van der Waals surface area contributed by atoms with Crippen LogP contribution >= 0.6 is 15.9 Å². The van der Waals surface area contributed by atoms with Gasteiger partial charge in [0, 0.05) is 12.5 Å². The number of aromatic hydroxyl groups is 1. The molecule has 2 nitrogen and oxygen atoms in total. The lowest BCUT2D eigenvalue weighted by molar-refractivity contribution is -0.107. The molecule has 0 radical (unpaired) electrons. The number of phenolic OH excluding ortho intramolecular Hbond substituents is 1. The molecule has 1 aromatic carbocycles. The molecule has 0 aliphatic carbocycles. The van der Waals surface area contributed by atoms with E-state index in [9.17, 15) is 9.18 Å². The summed E-state index contributed by atoms with van der Waals surface area (Å²) in [7, 11) is 0. The van der Waals surface area contributed by atoms with Gasteiger partial charge in [-0.1, -0.05) is 0 Å². The summed E-state index contributed by atoms with van der Waals surface area (Å²) in [4.78, 5) is 10.1. The van der Waals surface area contributed by atoms with Gasteiger partial charge in [-0.3, -0.25) is 0 Å². The van der Waals surface area contributed by atoms with Crippen molar-refractivity contribution in [2.75, 3.05) is 0 Å². The number of hydrogen-bond donors (Lipinski definition) is 1. The summed E-state index contributed by atoms with van der Waals surface area (Å²) < 4.78 is 13.5. The summed E-state index contributed by atoms with van der Waals surface area (Å²) in [6, 6.07) is 2.51. The van der Waals surface area contributed by atoms with E-state index in [0.717, 1.165) is 12.4 Å². The maximum absolute atomic E-state index is 13.1. The highest BCUT2D eigenvalue weighted by molar-refractivity contribution is 9.10. The zero-order valence-electron chi connectivity index (χ0n) is 6.76. The van der Waals surface area contributed by atoms with Crippen LogP contribution in [0.1, 0.15) is 12.0 Å². The minimum absolute atomic E-state index is 0.132. The number of carbonyl (C=O) groups is 1. The predicted octanol–water partition coefficient (Wildman–Crippen LogP) is 2.43. The van der Waals surface area contributed by atoms with Crippen molar-refractivity contribution in [1.82, 2.24) is 0 Å². The second kappa shape index (κ2) is 4.37. The Morgan fingerprint density at radius 3 is 2.85 bits per heavy atom. The van der Waals surface area contributed by atoms with Gasteiger partial charge >= 0.3 is 0 Å². The molecule has 0 amide bonds. The van der Waals surface area contributed by atoms with E-state index in [1.807, 2.05) is 0 Å². The van der Waals surface area contributed by atoms with E-state index < -0.39 is 5.82 Å². The molecule has 0 fully saturated rings. The van der Waals surface area contributed by atoms with Crippen LogP contribution in [0.4, 0.5) is 4.39 Å². The molecule has 0 aliphatic heterocycles. The molecule has 0 aliphatic rings. The fraction of sp³-hybridized carbons (Fsp3) is 0.222. The summed E-state index contributed by atoms with van der Waals surface area (Å²) in [5.74, 6) is -0.616. The van der Waals surface area contributed by atoms with E-state index in [1.54, 1.807) is 0 Å². The lowest BCUT2D eigenvalue weighted by Gasteiger charge is -2.03. The zero-order chi connectivity index (χ0) is 9.84. The number of halogens is 2. The molecule has 0 bridgehead atoms. The third-order valence-corrected chi connectivity index (χ3v) is 2.28. The van der Waals surface area contributed by atoms with Crippen molar-refractivity contribution in [3.05, 3.63) is 28.0 Å². The van der Waals surface area contributed by atoms with E-state index in [1.165, 1.54) is 6.07 Å². The lowest BCUT2D eigenvalue weighted by Crippen LogP contribution is -1.91. The molecule has 1 N–H and O–H groups in total. The standard InChI is InChI=1S/C9H8BrFO2/c10-7-4-6(2-1-3-12)8(11)5-9(7)13/h3-5,13H,1-2H2. The smallest absolute Gasteiger partial charge is 0.132 e. The molecule has 4 heteroatoms. The highest BCUT2D eigenvalue weighted by Gasteiger charge is 2.06. The van der Waals surface area contributed by atoms with Crippen LogP contribution in [0.5, 0.6) is 5.75 Å². The minimum atomic E-state index is -0.484. The van der Waals surface area contributed by atoms with Crippen LogP contribution in [0.15, 0.2) is 16.6 Å². The quantitative estimate of drug-likeness (QED) is 0.833. The van der Waals surface area contributed by atoms with E-state index in [4.69, 9.17) is 5.11 Å². The van der Waals surface area contributed by atoms with Crippen molar-refractivity contribution in [1.29, 1.82) is 0 Å². The second-order valence-electron chi connectivity index (χ2n) is 2.60. The molecule has 70 valence electrons. The van der Waals surface area contributed by atoms with Gasteiger partial charge in [-0.2, -0.15) is 0 Å². The minimum Gasteiger partial charge on any atom is -0.507 e. The van der Waals surface area contributed by atoms with E-state index in [0.29, 0.717) is 16.5 Å². The first-order valence-electron chi connectivity index (χ1n) is 3.75. The third-order valence-electron chi connectivity index (χ3n) is 1.65. The van der Waals surface area contributed by atoms with Gasteiger partial charge in [0.1, 0.15) is 17.9 Å². The molecule has 0 unspecified atom stereocenters. The largest absolute Gasteiger partial charge is 0.507 e. The molecule has 13 heavy (non-hydrogen) atoms. The zero-order valence-corrected chi connectivity index (χ0v) is 8.34. The molecule has 0 heterocycles. The molecule has 0 saturated carbocycles. The maximum atomic E-state index is 13.1. The number of carbonyl (C=O) groups excluding carboxylic acids is 1. The lowest BCUT2D eigenvalue weighted by atomic mass is 10.1. The van der Waals surface area contributed by atoms with Crippen molar-refractivity contribution >= 4 is 22.2 Å². The van der Waals surface area contributed by atoms with E-state index in [-0.39, 0.29) is 12.2 Å². The van der Waals surface area contributed by atoms with E-state index in [2.05, 4.69) is 15.9 Å². The normalized spacial score (nSPS) is 10.0. The van der Waals surface area contributed by atoms with Crippen LogP contribution in [0.25, 0.3) is 0 Å². The average molecular weight is 247 g/mol. The highest BCUT2D eigenvalue weighted by Crippen LogP contribution is 2.27. The summed E-state index contributed by atoms with van der Waals surface area (Å²) in [5.41, 5.74) is 0.428. The monoisotopic (exact) mass is 246 g/mol. The molecule has 0 saturated heterocycles. The summed E-state index contributed by atoms with van der Waals surface area (Å²) in [6.45, 7) is 0. The van der Waals surface area contributed by atoms with Crippen LogP contribution in [-0.4, -0.2) is 11.4 Å². The van der Waals surface area contributed by atoms with Crippen molar-refractivity contribution < 1.29 is 14.3 Å². The van der Waals surface area contributed by atoms with Crippen LogP contribution in [0, 0.1) is 5.82 Å². The van der Waals surface area contributed by atoms with Gasteiger partial charge in [-0.15, -0.1) is 0 Å². The summed E-state index contributed by atoms with van der Waals surface area (Å²) >= 11 is 3.07. The van der Waals surface area contributed by atoms with Gasteiger partial charge in [0.2, 0.25) is 0 Å². The predicted molar refractivity (Wildman–Crippen MR) is 50.1 cm³/mol. The Bertz CT molecular complexity index is 326. The van der Waals surface area contributed by atoms with Crippen LogP contribution in [0.3, 0.4) is 0 Å². The van der Waals surface area contributed by atoms with Gasteiger partial charge in [-0.25, -0.2) is 4.39 Å². The van der Waals surface area contributed by atoms with Crippen molar-refractivity contribution in [2.24, 2.45) is 0 Å². The first-order valence-corrected chi connectivity index (χ1v) is 4.55. The highest BCUT2D eigenvalue weighted by atomic mass is 79.9. The van der Waals surface area contributed by atoms with Gasteiger partial charge in [0.25, 0.3) is 0 Å². The molecule has 0 aromatic heterocycles. The average Bonchev–Trinajstić information content (AvgIpc) is 2.09. The fourth-order valence-corrected chi connectivity index (χ4v) is 1.37. The molecular weight excluding hydrogens is 239 g/mol. The first-order chi connectivity index (χ1) is 6.15. The Labute approximate surface area is 83.5 Å². The number of aldehydes is 1. The molecule has 0 atom stereocenters. The van der Waals surface area contributed by atoms with Crippen molar-refractivity contribution in [3.63, 3.8) is 0 Å². The molecule has 1 rings (SSSR count). The SMILES string of the molecule is O=CCCc1cc(Br)c(O)cc1F.